The van der Waals surface area contributed by atoms with Gasteiger partial charge in [-0.2, -0.15) is 0 Å². The predicted molar refractivity (Wildman–Crippen MR) is 199 cm³/mol. The predicted octanol–water partition coefficient (Wildman–Crippen LogP) is 2.73. The lowest BCUT2D eigenvalue weighted by atomic mass is 10.2. The minimum Gasteiger partial charge on any atom is -0.491 e. The van der Waals surface area contributed by atoms with E-state index in [1.165, 1.54) is 6.92 Å². The molecule has 0 unspecified atom stereocenters. The molecular weight excluding hydrogens is 712 g/mol. The molecule has 0 bridgehead atoms. The zero-order chi connectivity index (χ0) is 39.2. The monoisotopic (exact) mass is 778 g/mol. The van der Waals surface area contributed by atoms with Crippen molar-refractivity contribution in [1.82, 2.24) is 5.32 Å². The minimum absolute atomic E-state index is 0.112. The number of carbonyl (C=O) groups excluding carboxylic acids is 2. The van der Waals surface area contributed by atoms with E-state index >= 15 is 0 Å². The van der Waals surface area contributed by atoms with Gasteiger partial charge in [0.2, 0.25) is 5.91 Å². The summed E-state index contributed by atoms with van der Waals surface area (Å²) < 4.78 is 70.9. The average Bonchev–Trinajstić information content (AvgIpc) is 3.12. The molecule has 0 saturated carbocycles. The molecule has 1 aromatic rings. The smallest absolute Gasteiger partial charge is 0.407 e. The molecule has 0 fully saturated rings. The van der Waals surface area contributed by atoms with E-state index in [0.29, 0.717) is 164 Å². The van der Waals surface area contributed by atoms with Crippen LogP contribution in [0.5, 0.6) is 5.75 Å². The van der Waals surface area contributed by atoms with Crippen LogP contribution in [0, 0.1) is 0 Å². The van der Waals surface area contributed by atoms with Gasteiger partial charge in [0.15, 0.2) is 0 Å². The molecule has 0 aromatic heterocycles. The van der Waals surface area contributed by atoms with E-state index < -0.39 is 11.7 Å². The highest BCUT2D eigenvalue weighted by atomic mass is 16.6. The van der Waals surface area contributed by atoms with E-state index in [-0.39, 0.29) is 5.91 Å². The molecule has 17 heteroatoms. The number of carbonyl (C=O) groups is 2. The summed E-state index contributed by atoms with van der Waals surface area (Å²) in [5.74, 6) is 0.600. The summed E-state index contributed by atoms with van der Waals surface area (Å²) >= 11 is 0. The van der Waals surface area contributed by atoms with Gasteiger partial charge in [-0.15, -0.1) is 0 Å². The van der Waals surface area contributed by atoms with Gasteiger partial charge < -0.3 is 72.2 Å². The fourth-order valence-corrected chi connectivity index (χ4v) is 3.90. The minimum atomic E-state index is -0.516. The van der Waals surface area contributed by atoms with Gasteiger partial charge >= 0.3 is 6.09 Å². The molecule has 1 aromatic carbocycles. The lowest BCUT2D eigenvalue weighted by Crippen LogP contribution is -2.34. The van der Waals surface area contributed by atoms with Gasteiger partial charge in [-0.3, -0.25) is 4.79 Å². The Labute approximate surface area is 321 Å². The van der Waals surface area contributed by atoms with Gasteiger partial charge in [-0.1, -0.05) is 0 Å². The molecule has 0 saturated heterocycles. The molecule has 0 spiro atoms. The zero-order valence-electron chi connectivity index (χ0n) is 32.9. The first-order chi connectivity index (χ1) is 26.3. The third-order valence-corrected chi connectivity index (χ3v) is 6.31. The highest BCUT2D eigenvalue weighted by molar-refractivity contribution is 5.88. The van der Waals surface area contributed by atoms with Gasteiger partial charge in [-0.25, -0.2) is 4.79 Å². The summed E-state index contributed by atoms with van der Waals surface area (Å²) in [7, 11) is 0. The van der Waals surface area contributed by atoms with Crippen molar-refractivity contribution in [2.24, 2.45) is 0 Å². The van der Waals surface area contributed by atoms with Crippen LogP contribution in [-0.2, 0) is 61.6 Å². The molecule has 314 valence electrons. The zero-order valence-corrected chi connectivity index (χ0v) is 32.9. The summed E-state index contributed by atoms with van der Waals surface area (Å²) in [6, 6.07) is 7.16. The lowest BCUT2D eigenvalue weighted by Gasteiger charge is -2.19. The van der Waals surface area contributed by atoms with Crippen LogP contribution in [0.15, 0.2) is 24.3 Å². The van der Waals surface area contributed by atoms with Gasteiger partial charge in [0.1, 0.15) is 18.0 Å². The van der Waals surface area contributed by atoms with E-state index in [2.05, 4.69) is 10.6 Å². The second kappa shape index (κ2) is 36.0. The number of alkyl carbamates (subject to hydrolysis) is 1. The van der Waals surface area contributed by atoms with Crippen LogP contribution < -0.4 is 15.4 Å². The fraction of sp³-hybridized carbons (Fsp3) is 0.784. The van der Waals surface area contributed by atoms with Gasteiger partial charge in [0.05, 0.1) is 145 Å². The van der Waals surface area contributed by atoms with Crippen LogP contribution >= 0.6 is 0 Å². The number of nitrogens with one attached hydrogen (secondary N) is 2. The number of ether oxygens (including phenoxy) is 13. The van der Waals surface area contributed by atoms with Crippen molar-refractivity contribution in [3.63, 3.8) is 0 Å². The van der Waals surface area contributed by atoms with Crippen molar-refractivity contribution < 1.29 is 71.2 Å². The quantitative estimate of drug-likeness (QED) is 0.0936. The number of hydrogen-bond acceptors (Lipinski definition) is 15. The lowest BCUT2D eigenvalue weighted by molar-refractivity contribution is -0.114. The van der Waals surface area contributed by atoms with Crippen molar-refractivity contribution in [2.45, 2.75) is 33.3 Å². The van der Waals surface area contributed by atoms with E-state index in [1.807, 2.05) is 20.8 Å². The molecule has 0 radical (unpaired) electrons. The van der Waals surface area contributed by atoms with Crippen molar-refractivity contribution in [3.05, 3.63) is 24.3 Å². The third kappa shape index (κ3) is 36.3. The molecule has 17 nitrogen and oxygen atoms in total. The normalized spacial score (nSPS) is 11.5. The second-order valence-electron chi connectivity index (χ2n) is 12.2. The van der Waals surface area contributed by atoms with E-state index in [0.717, 1.165) is 5.69 Å². The SMILES string of the molecule is CC(=O)Nc1ccc(OCCOCCOCCOCCOCCOCCOCCOCCOCCOCCOCCOCCNC(=O)OC(C)(C)C)cc1. The summed E-state index contributed by atoms with van der Waals surface area (Å²) in [5.41, 5.74) is 0.211. The van der Waals surface area contributed by atoms with Crippen molar-refractivity contribution in [1.29, 1.82) is 0 Å². The molecule has 0 aliphatic carbocycles. The van der Waals surface area contributed by atoms with Crippen LogP contribution in [0.25, 0.3) is 0 Å². The molecule has 0 heterocycles. The summed E-state index contributed by atoms with van der Waals surface area (Å²) in [6.07, 6.45) is -0.456. The topological polar surface area (TPSA) is 178 Å². The highest BCUT2D eigenvalue weighted by Crippen LogP contribution is 2.15. The first kappa shape index (κ1) is 49.3. The summed E-state index contributed by atoms with van der Waals surface area (Å²) in [4.78, 5) is 22.5. The maximum Gasteiger partial charge on any atom is 0.407 e. The van der Waals surface area contributed by atoms with Crippen LogP contribution in [0.4, 0.5) is 10.5 Å². The summed E-state index contributed by atoms with van der Waals surface area (Å²) in [5, 5.41) is 5.34. The standard InChI is InChI=1S/C37H66N2O15/c1-33(40)39-34-5-7-35(8-6-34)53-32-31-52-30-29-51-28-27-50-26-25-49-24-23-48-22-21-47-20-19-46-18-17-45-16-15-44-14-13-43-12-11-42-10-9-38-36(41)54-37(2,3)4/h5-8H,9-32H2,1-4H3,(H,38,41)(H,39,40). The number of benzene rings is 1. The fourth-order valence-electron chi connectivity index (χ4n) is 3.90. The first-order valence-electron chi connectivity index (χ1n) is 18.6. The number of rotatable bonds is 38. The van der Waals surface area contributed by atoms with E-state index in [1.54, 1.807) is 24.3 Å². The van der Waals surface area contributed by atoms with E-state index in [4.69, 9.17) is 61.6 Å². The van der Waals surface area contributed by atoms with E-state index in [9.17, 15) is 9.59 Å². The molecular formula is C37H66N2O15. The van der Waals surface area contributed by atoms with Crippen LogP contribution in [0.1, 0.15) is 27.7 Å². The molecule has 0 aliphatic rings. The van der Waals surface area contributed by atoms with Crippen LogP contribution in [0.2, 0.25) is 0 Å². The number of amides is 2. The van der Waals surface area contributed by atoms with Gasteiger partial charge in [0, 0.05) is 19.2 Å². The highest BCUT2D eigenvalue weighted by Gasteiger charge is 2.15. The van der Waals surface area contributed by atoms with Crippen molar-refractivity contribution in [2.75, 3.05) is 164 Å². The Balaban J connectivity index is 1.66. The Kier molecular flexibility index (Phi) is 32.9. The second-order valence-corrected chi connectivity index (χ2v) is 12.2. The van der Waals surface area contributed by atoms with Gasteiger partial charge in [0.25, 0.3) is 0 Å². The molecule has 54 heavy (non-hydrogen) atoms. The Morgan fingerprint density at radius 2 is 0.759 bits per heavy atom. The third-order valence-electron chi connectivity index (χ3n) is 6.31. The maximum absolute atomic E-state index is 11.5. The summed E-state index contributed by atoms with van der Waals surface area (Å²) in [6.45, 7) is 18.1. The largest absolute Gasteiger partial charge is 0.491 e. The Hall–Kier alpha value is -2.68. The maximum atomic E-state index is 11.5. The van der Waals surface area contributed by atoms with Crippen LogP contribution in [0.3, 0.4) is 0 Å². The van der Waals surface area contributed by atoms with Crippen LogP contribution in [-0.4, -0.2) is 176 Å². The molecule has 0 atom stereocenters. The number of hydrogen-bond donors (Lipinski definition) is 2. The van der Waals surface area contributed by atoms with Crippen molar-refractivity contribution >= 4 is 17.7 Å². The average molecular weight is 779 g/mol. The number of anilines is 1. The molecule has 2 N–H and O–H groups in total. The Morgan fingerprint density at radius 3 is 1.06 bits per heavy atom. The molecule has 1 rings (SSSR count). The Morgan fingerprint density at radius 1 is 0.463 bits per heavy atom. The molecule has 2 amide bonds. The first-order valence-corrected chi connectivity index (χ1v) is 18.6. The van der Waals surface area contributed by atoms with Gasteiger partial charge in [-0.05, 0) is 45.0 Å². The Bertz CT molecular complexity index is 999. The molecule has 0 aliphatic heterocycles. The van der Waals surface area contributed by atoms with Crippen molar-refractivity contribution in [3.8, 4) is 5.75 Å².